The van der Waals surface area contributed by atoms with Gasteiger partial charge in [0.05, 0.1) is 89.3 Å². The molecule has 131 heavy (non-hydrogen) atoms. The Morgan fingerprint density at radius 1 is 0.122 bits per heavy atom. The first-order valence-electron chi connectivity index (χ1n) is 44.2. The number of fused-ring (bicyclic) bond motifs is 16. The lowest BCUT2D eigenvalue weighted by Gasteiger charge is -2.13. The summed E-state index contributed by atoms with van der Waals surface area (Å²) in [6.45, 7) is 0. The summed E-state index contributed by atoms with van der Waals surface area (Å²) < 4.78 is 11.4. The van der Waals surface area contributed by atoms with Crippen molar-refractivity contribution in [3.05, 3.63) is 479 Å². The van der Waals surface area contributed by atoms with Gasteiger partial charge in [0, 0.05) is 98.6 Å². The van der Waals surface area contributed by atoms with E-state index >= 15 is 0 Å². The SMILES string of the molecule is c1ccc(-c2cc(-c3ccccc3)nc(-n3c4ccccc4c4cc5c6ccccc6n(-c6ccccc6)c5cc43)n2)cc1.c1ccc(-c2cc(-c3ccccc3)nc(-n3c4ccccc4c4ccc5c6ccccc6n(-c6ccccc6)c5c43)n2)cc1.c1ccc(-c2ccc(-c3cc(-c4ccc(-c5ccccc5)cc4)nc(-n4c5ccccc5c5ccccc54)n3)cc2)cc1. The van der Waals surface area contributed by atoms with Gasteiger partial charge in [0.1, 0.15) is 0 Å². The minimum absolute atomic E-state index is 0.647. The van der Waals surface area contributed by atoms with Crippen molar-refractivity contribution in [2.45, 2.75) is 0 Å². The second kappa shape index (κ2) is 32.9. The quantitative estimate of drug-likeness (QED) is 0.114. The van der Waals surface area contributed by atoms with Crippen LogP contribution in [0, 0.1) is 0 Å². The number of benzene rings is 18. The third-order valence-corrected chi connectivity index (χ3v) is 25.1. The molecular weight excluding hydrogens is 1600 g/mol. The monoisotopic (exact) mass is 1670 g/mol. The average Bonchev–Trinajstić information content (AvgIpc) is 1.55. The van der Waals surface area contributed by atoms with Crippen LogP contribution >= 0.6 is 0 Å². The average molecular weight is 1680 g/mol. The molecular formula is C120H79N11. The molecule has 0 aliphatic rings. The van der Waals surface area contributed by atoms with Crippen molar-refractivity contribution in [3.8, 4) is 119 Å². The second-order valence-electron chi connectivity index (χ2n) is 32.9. The molecule has 0 bridgehead atoms. The van der Waals surface area contributed by atoms with Crippen LogP contribution < -0.4 is 0 Å². The van der Waals surface area contributed by atoms with E-state index in [0.717, 1.165) is 123 Å². The maximum absolute atomic E-state index is 5.28. The van der Waals surface area contributed by atoms with Crippen molar-refractivity contribution in [2.75, 3.05) is 0 Å². The van der Waals surface area contributed by atoms with Crippen LogP contribution in [-0.4, -0.2) is 52.7 Å². The Hall–Kier alpha value is -17.8. The Morgan fingerprint density at radius 3 is 0.664 bits per heavy atom. The molecule has 0 saturated heterocycles. The first-order chi connectivity index (χ1) is 65.0. The molecule has 614 valence electrons. The van der Waals surface area contributed by atoms with Gasteiger partial charge in [-0.05, 0) is 113 Å². The Bertz CT molecular complexity index is 8510. The maximum Gasteiger partial charge on any atom is 0.235 e. The summed E-state index contributed by atoms with van der Waals surface area (Å²) in [6.07, 6.45) is 0. The Labute approximate surface area is 755 Å². The van der Waals surface area contributed by atoms with Gasteiger partial charge >= 0.3 is 0 Å². The fourth-order valence-electron chi connectivity index (χ4n) is 19.0. The molecule has 26 aromatic rings. The van der Waals surface area contributed by atoms with Gasteiger partial charge in [-0.2, -0.15) is 0 Å². The van der Waals surface area contributed by atoms with Crippen LogP contribution in [0.25, 0.3) is 228 Å². The molecule has 11 heteroatoms. The third kappa shape index (κ3) is 13.9. The standard InChI is InChI=1S/2C40H26N4.C40H27N3/c1-4-14-27(15-5-1)34-25-35(28-16-6-2-7-17-28)42-40(41-34)44-37-23-13-11-21-31(37)33-24-32-30-20-10-12-22-36(30)43(38(32)26-39(33)44)29-18-8-3-9-19-29;1-4-14-27(15-5-1)34-26-35(28-16-6-2-7-17-28)42-40(41-34)44-37-23-13-11-21-31(37)33-25-24-32-30-20-10-12-22-36(30)43(38(32)39(33)44)29-18-8-3-9-19-29;1-3-11-28(12-4-1)30-19-23-32(24-20-30)36-27-37(33-25-21-31(22-26-33)29-13-5-2-6-14-29)42-40(41-36)43-38-17-9-7-15-34(38)35-16-8-10-18-39(35)43/h2*1-26H;1-27H. The summed E-state index contributed by atoms with van der Waals surface area (Å²) in [7, 11) is 0. The van der Waals surface area contributed by atoms with Crippen molar-refractivity contribution < 1.29 is 0 Å². The molecule has 0 saturated carbocycles. The molecule has 11 nitrogen and oxygen atoms in total. The predicted octanol–water partition coefficient (Wildman–Crippen LogP) is 30.3. The molecule has 8 aromatic heterocycles. The third-order valence-electron chi connectivity index (χ3n) is 25.1. The predicted molar refractivity (Wildman–Crippen MR) is 541 cm³/mol. The van der Waals surface area contributed by atoms with Crippen LogP contribution in [0.3, 0.4) is 0 Å². The largest absolute Gasteiger partial charge is 0.309 e. The Balaban J connectivity index is 0.000000109. The molecule has 8 heterocycles. The molecule has 0 spiro atoms. The fourth-order valence-corrected chi connectivity index (χ4v) is 19.0. The van der Waals surface area contributed by atoms with Gasteiger partial charge in [-0.1, -0.05) is 388 Å². The highest BCUT2D eigenvalue weighted by Gasteiger charge is 2.26. The number of hydrogen-bond acceptors (Lipinski definition) is 6. The molecule has 0 fully saturated rings. The van der Waals surface area contributed by atoms with Gasteiger partial charge < -0.3 is 9.13 Å². The minimum atomic E-state index is 0.647. The zero-order chi connectivity index (χ0) is 86.7. The van der Waals surface area contributed by atoms with E-state index in [1.54, 1.807) is 0 Å². The van der Waals surface area contributed by atoms with E-state index in [4.69, 9.17) is 29.9 Å². The van der Waals surface area contributed by atoms with E-state index in [2.05, 4.69) is 466 Å². The number of aromatic nitrogens is 11. The zero-order valence-electron chi connectivity index (χ0n) is 71.0. The van der Waals surface area contributed by atoms with Gasteiger partial charge in [0.2, 0.25) is 17.8 Å². The van der Waals surface area contributed by atoms with Crippen LogP contribution in [0.4, 0.5) is 0 Å². The molecule has 0 atom stereocenters. The van der Waals surface area contributed by atoms with Gasteiger partial charge in [-0.25, -0.2) is 29.9 Å². The number of hydrogen-bond donors (Lipinski definition) is 0. The lowest BCUT2D eigenvalue weighted by molar-refractivity contribution is 0.995. The Kier molecular flexibility index (Phi) is 19.3. The van der Waals surface area contributed by atoms with Crippen molar-refractivity contribution in [3.63, 3.8) is 0 Å². The lowest BCUT2D eigenvalue weighted by Crippen LogP contribution is -2.05. The smallest absolute Gasteiger partial charge is 0.235 e. The maximum atomic E-state index is 5.28. The van der Waals surface area contributed by atoms with Gasteiger partial charge in [-0.3, -0.25) is 13.7 Å². The van der Waals surface area contributed by atoms with E-state index in [1.165, 1.54) is 87.1 Å². The van der Waals surface area contributed by atoms with Crippen molar-refractivity contribution in [2.24, 2.45) is 0 Å². The fraction of sp³-hybridized carbons (Fsp3) is 0. The van der Waals surface area contributed by atoms with E-state index in [-0.39, 0.29) is 0 Å². The van der Waals surface area contributed by atoms with Crippen molar-refractivity contribution >= 4 is 109 Å². The van der Waals surface area contributed by atoms with E-state index < -0.39 is 0 Å². The number of para-hydroxylation sites is 8. The number of rotatable bonds is 13. The molecule has 0 aliphatic heterocycles. The summed E-state index contributed by atoms with van der Waals surface area (Å²) in [4.78, 5) is 31.4. The molecule has 0 unspecified atom stereocenters. The summed E-state index contributed by atoms with van der Waals surface area (Å²) >= 11 is 0. The van der Waals surface area contributed by atoms with E-state index in [9.17, 15) is 0 Å². The topological polar surface area (TPSA) is 102 Å². The normalized spacial score (nSPS) is 11.5. The summed E-state index contributed by atoms with van der Waals surface area (Å²) in [5.41, 5.74) is 29.8. The van der Waals surface area contributed by atoms with Gasteiger partial charge in [0.15, 0.2) is 0 Å². The molecule has 26 rings (SSSR count). The minimum Gasteiger partial charge on any atom is -0.309 e. The highest BCUT2D eigenvalue weighted by atomic mass is 15.2. The summed E-state index contributed by atoms with van der Waals surface area (Å²) in [5.74, 6) is 1.95. The summed E-state index contributed by atoms with van der Waals surface area (Å²) in [5, 5.41) is 11.9. The first kappa shape index (κ1) is 76.8. The van der Waals surface area contributed by atoms with Crippen LogP contribution in [0.1, 0.15) is 0 Å². The van der Waals surface area contributed by atoms with E-state index in [0.29, 0.717) is 17.8 Å². The molecule has 0 radical (unpaired) electrons. The molecule has 0 amide bonds. The van der Waals surface area contributed by atoms with Crippen molar-refractivity contribution in [1.29, 1.82) is 0 Å². The Morgan fingerprint density at radius 2 is 0.328 bits per heavy atom. The first-order valence-corrected chi connectivity index (χ1v) is 44.2. The second-order valence-corrected chi connectivity index (χ2v) is 32.9. The zero-order valence-corrected chi connectivity index (χ0v) is 71.0. The number of nitrogens with zero attached hydrogens (tertiary/aromatic N) is 11. The van der Waals surface area contributed by atoms with Crippen LogP contribution in [0.15, 0.2) is 479 Å². The van der Waals surface area contributed by atoms with Crippen molar-refractivity contribution in [1.82, 2.24) is 52.7 Å². The highest BCUT2D eigenvalue weighted by Crippen LogP contribution is 2.45. The summed E-state index contributed by atoms with van der Waals surface area (Å²) in [6, 6.07) is 168. The van der Waals surface area contributed by atoms with Gasteiger partial charge in [-0.15, -0.1) is 0 Å². The van der Waals surface area contributed by atoms with Crippen LogP contribution in [0.2, 0.25) is 0 Å². The highest BCUT2D eigenvalue weighted by molar-refractivity contribution is 6.24. The van der Waals surface area contributed by atoms with Crippen LogP contribution in [0.5, 0.6) is 0 Å². The molecule has 18 aromatic carbocycles. The molecule has 0 N–H and O–H groups in total. The molecule has 0 aliphatic carbocycles. The van der Waals surface area contributed by atoms with Gasteiger partial charge in [0.25, 0.3) is 0 Å². The lowest BCUT2D eigenvalue weighted by atomic mass is 10.0. The van der Waals surface area contributed by atoms with E-state index in [1.807, 2.05) is 36.4 Å². The van der Waals surface area contributed by atoms with Crippen LogP contribution in [-0.2, 0) is 0 Å².